The highest BCUT2D eigenvalue weighted by molar-refractivity contribution is 7.99. The summed E-state index contributed by atoms with van der Waals surface area (Å²) >= 11 is 1.45. The molecule has 5 heteroatoms. The lowest BCUT2D eigenvalue weighted by molar-refractivity contribution is 0.102. The highest BCUT2D eigenvalue weighted by atomic mass is 32.2. The fourth-order valence-corrected chi connectivity index (χ4v) is 3.84. The van der Waals surface area contributed by atoms with Crippen LogP contribution in [0.1, 0.15) is 34.0 Å². The molecule has 0 spiro atoms. The molecular weight excluding hydrogens is 342 g/mol. The number of rotatable bonds is 6. The van der Waals surface area contributed by atoms with Crippen LogP contribution >= 0.6 is 11.8 Å². The van der Waals surface area contributed by atoms with Crippen molar-refractivity contribution in [2.75, 3.05) is 5.75 Å². The van der Waals surface area contributed by atoms with E-state index in [4.69, 9.17) is 0 Å². The summed E-state index contributed by atoms with van der Waals surface area (Å²) in [6, 6.07) is 14.1. The summed E-state index contributed by atoms with van der Waals surface area (Å²) in [6.07, 6.45) is 0. The minimum atomic E-state index is 0.127. The van der Waals surface area contributed by atoms with Crippen molar-refractivity contribution in [3.05, 3.63) is 64.7 Å². The topological polar surface area (TPSA) is 47.8 Å². The lowest BCUT2D eigenvalue weighted by Crippen LogP contribution is -2.07. The lowest BCUT2D eigenvalue weighted by atomic mass is 9.99. The van der Waals surface area contributed by atoms with Crippen molar-refractivity contribution in [2.45, 2.75) is 39.4 Å². The molecular formula is C21H23N3OS. The summed E-state index contributed by atoms with van der Waals surface area (Å²) in [4.78, 5) is 12.7. The SMILES string of the molecule is CCn1c(SCC(=O)c2cc(C)c(C)cc2C)nnc1-c1ccccc1. The van der Waals surface area contributed by atoms with Crippen LogP contribution in [-0.2, 0) is 6.54 Å². The van der Waals surface area contributed by atoms with E-state index in [1.807, 2.05) is 50.2 Å². The van der Waals surface area contributed by atoms with Gasteiger partial charge in [-0.3, -0.25) is 4.79 Å². The Labute approximate surface area is 158 Å². The number of hydrogen-bond donors (Lipinski definition) is 0. The van der Waals surface area contributed by atoms with Crippen LogP contribution in [0.25, 0.3) is 11.4 Å². The average Bonchev–Trinajstić information content (AvgIpc) is 3.06. The molecule has 0 unspecified atom stereocenters. The fraction of sp³-hybridized carbons (Fsp3) is 0.286. The van der Waals surface area contributed by atoms with Crippen molar-refractivity contribution in [3.63, 3.8) is 0 Å². The van der Waals surface area contributed by atoms with Gasteiger partial charge in [-0.25, -0.2) is 0 Å². The molecule has 0 aliphatic carbocycles. The summed E-state index contributed by atoms with van der Waals surface area (Å²) in [7, 11) is 0. The Kier molecular flexibility index (Phi) is 5.57. The third-order valence-corrected chi connectivity index (χ3v) is 5.51. The number of aryl methyl sites for hydroxylation is 3. The Balaban J connectivity index is 1.79. The van der Waals surface area contributed by atoms with Gasteiger partial charge in [-0.15, -0.1) is 10.2 Å². The van der Waals surface area contributed by atoms with Crippen LogP contribution in [0.4, 0.5) is 0 Å². The van der Waals surface area contributed by atoms with Crippen LogP contribution in [0.2, 0.25) is 0 Å². The molecule has 2 aromatic carbocycles. The number of carbonyl (C=O) groups is 1. The predicted octanol–water partition coefficient (Wildman–Crippen LogP) is 4.87. The molecule has 1 heterocycles. The van der Waals surface area contributed by atoms with Crippen molar-refractivity contribution < 1.29 is 4.79 Å². The molecule has 1 aromatic heterocycles. The molecule has 3 rings (SSSR count). The van der Waals surface area contributed by atoms with Crippen molar-refractivity contribution in [1.29, 1.82) is 0 Å². The molecule has 4 nitrogen and oxygen atoms in total. The van der Waals surface area contributed by atoms with Crippen LogP contribution in [0, 0.1) is 20.8 Å². The van der Waals surface area contributed by atoms with Gasteiger partial charge in [-0.1, -0.05) is 48.2 Å². The molecule has 0 saturated heterocycles. The molecule has 0 aliphatic heterocycles. The Hall–Kier alpha value is -2.40. The van der Waals surface area contributed by atoms with E-state index in [9.17, 15) is 4.79 Å². The van der Waals surface area contributed by atoms with Crippen molar-refractivity contribution >= 4 is 17.5 Å². The number of nitrogens with zero attached hydrogens (tertiary/aromatic N) is 3. The zero-order valence-electron chi connectivity index (χ0n) is 15.6. The maximum absolute atomic E-state index is 12.7. The number of aromatic nitrogens is 3. The Morgan fingerprint density at radius 3 is 2.38 bits per heavy atom. The molecule has 3 aromatic rings. The van der Waals surface area contributed by atoms with Crippen LogP contribution in [0.5, 0.6) is 0 Å². The van der Waals surface area contributed by atoms with Crippen LogP contribution < -0.4 is 0 Å². The van der Waals surface area contributed by atoms with E-state index < -0.39 is 0 Å². The first kappa shape index (κ1) is 18.4. The first-order chi connectivity index (χ1) is 12.5. The highest BCUT2D eigenvalue weighted by Gasteiger charge is 2.16. The predicted molar refractivity (Wildman–Crippen MR) is 107 cm³/mol. The molecule has 0 aliphatic rings. The molecule has 0 saturated carbocycles. The lowest BCUT2D eigenvalue weighted by Gasteiger charge is -2.10. The van der Waals surface area contributed by atoms with Gasteiger partial charge in [0.1, 0.15) is 0 Å². The molecule has 0 N–H and O–H groups in total. The molecule has 0 bridgehead atoms. The number of thioether (sulfide) groups is 1. The molecule has 0 amide bonds. The van der Waals surface area contributed by atoms with Gasteiger partial charge >= 0.3 is 0 Å². The van der Waals surface area contributed by atoms with E-state index >= 15 is 0 Å². The van der Waals surface area contributed by atoms with E-state index in [1.165, 1.54) is 17.3 Å². The van der Waals surface area contributed by atoms with Gasteiger partial charge in [-0.05, 0) is 50.5 Å². The second-order valence-electron chi connectivity index (χ2n) is 6.38. The normalized spacial score (nSPS) is 10.9. The Bertz CT molecular complexity index is 932. The largest absolute Gasteiger partial charge is 0.302 e. The standard InChI is InChI=1S/C21H23N3OS/c1-5-24-20(17-9-7-6-8-10-17)22-23-21(24)26-13-19(25)18-12-15(3)14(2)11-16(18)4/h6-12H,5,13H2,1-4H3. The minimum absolute atomic E-state index is 0.127. The maximum atomic E-state index is 12.7. The van der Waals surface area contributed by atoms with Gasteiger partial charge in [-0.2, -0.15) is 0 Å². The van der Waals surface area contributed by atoms with E-state index in [-0.39, 0.29) is 5.78 Å². The second kappa shape index (κ2) is 7.87. The third-order valence-electron chi connectivity index (χ3n) is 4.54. The molecule has 0 fully saturated rings. The molecule has 0 radical (unpaired) electrons. The monoisotopic (exact) mass is 365 g/mol. The van der Waals surface area contributed by atoms with Gasteiger partial charge in [0, 0.05) is 17.7 Å². The number of hydrogen-bond acceptors (Lipinski definition) is 4. The number of benzene rings is 2. The van der Waals surface area contributed by atoms with Gasteiger partial charge in [0.2, 0.25) is 0 Å². The number of ketones is 1. The van der Waals surface area contributed by atoms with Crippen molar-refractivity contribution in [3.8, 4) is 11.4 Å². The summed E-state index contributed by atoms with van der Waals surface area (Å²) in [6.45, 7) is 8.93. The Morgan fingerprint density at radius 1 is 1.00 bits per heavy atom. The van der Waals surface area contributed by atoms with Crippen LogP contribution in [0.15, 0.2) is 47.6 Å². The van der Waals surface area contributed by atoms with Gasteiger partial charge in [0.25, 0.3) is 0 Å². The first-order valence-electron chi connectivity index (χ1n) is 8.73. The van der Waals surface area contributed by atoms with E-state index in [2.05, 4.69) is 34.7 Å². The van der Waals surface area contributed by atoms with Crippen LogP contribution in [-0.4, -0.2) is 26.3 Å². The Morgan fingerprint density at radius 2 is 1.69 bits per heavy atom. The van der Waals surface area contributed by atoms with Crippen molar-refractivity contribution in [1.82, 2.24) is 14.8 Å². The summed E-state index contributed by atoms with van der Waals surface area (Å²) in [5.41, 5.74) is 5.22. The fourth-order valence-electron chi connectivity index (χ4n) is 2.95. The summed E-state index contributed by atoms with van der Waals surface area (Å²) < 4.78 is 2.06. The maximum Gasteiger partial charge on any atom is 0.191 e. The number of Topliss-reactive ketones (excluding diaryl/α,β-unsaturated/α-hetero) is 1. The third kappa shape index (κ3) is 3.73. The highest BCUT2D eigenvalue weighted by Crippen LogP contribution is 2.25. The van der Waals surface area contributed by atoms with Gasteiger partial charge in [0.05, 0.1) is 5.75 Å². The average molecular weight is 366 g/mol. The first-order valence-corrected chi connectivity index (χ1v) is 9.72. The second-order valence-corrected chi connectivity index (χ2v) is 7.32. The van der Waals surface area contributed by atoms with Gasteiger partial charge in [0.15, 0.2) is 16.8 Å². The summed E-state index contributed by atoms with van der Waals surface area (Å²) in [5, 5.41) is 9.42. The smallest absolute Gasteiger partial charge is 0.191 e. The molecule has 0 atom stereocenters. The van der Waals surface area contributed by atoms with E-state index in [1.54, 1.807) is 0 Å². The molecule has 26 heavy (non-hydrogen) atoms. The van der Waals surface area contributed by atoms with Crippen LogP contribution in [0.3, 0.4) is 0 Å². The zero-order chi connectivity index (χ0) is 18.7. The van der Waals surface area contributed by atoms with Gasteiger partial charge < -0.3 is 4.57 Å². The quantitative estimate of drug-likeness (QED) is 0.462. The van der Waals surface area contributed by atoms with E-state index in [0.29, 0.717) is 5.75 Å². The minimum Gasteiger partial charge on any atom is -0.302 e. The molecule has 134 valence electrons. The number of carbonyl (C=O) groups excluding carboxylic acids is 1. The zero-order valence-corrected chi connectivity index (χ0v) is 16.4. The van der Waals surface area contributed by atoms with E-state index in [0.717, 1.165) is 39.8 Å². The van der Waals surface area contributed by atoms with Crippen molar-refractivity contribution in [2.24, 2.45) is 0 Å². The summed E-state index contributed by atoms with van der Waals surface area (Å²) in [5.74, 6) is 1.32.